The molecule has 1 fully saturated rings. The molecule has 1 aliphatic heterocycles. The standard InChI is InChI=1S/C10H10N2O3/c13-9-6-12(10(14)11-9)15-7-8-4-2-1-3-5-8/h1-5H,6-7H2,(H,11,13,14). The van der Waals surface area contributed by atoms with Crippen LogP contribution in [-0.2, 0) is 16.2 Å². The molecule has 0 aromatic heterocycles. The number of hydrogen-bond donors (Lipinski definition) is 1. The van der Waals surface area contributed by atoms with Gasteiger partial charge in [0.1, 0.15) is 13.2 Å². The van der Waals surface area contributed by atoms with Crippen molar-refractivity contribution in [2.75, 3.05) is 6.54 Å². The summed E-state index contributed by atoms with van der Waals surface area (Å²) >= 11 is 0. The maximum absolute atomic E-state index is 11.1. The van der Waals surface area contributed by atoms with Crippen LogP contribution < -0.4 is 5.32 Å². The smallest absolute Gasteiger partial charge is 0.274 e. The first-order chi connectivity index (χ1) is 7.25. The zero-order chi connectivity index (χ0) is 10.7. The van der Waals surface area contributed by atoms with Crippen LogP contribution in [-0.4, -0.2) is 23.5 Å². The molecule has 0 spiro atoms. The largest absolute Gasteiger partial charge is 0.348 e. The second-order valence-corrected chi connectivity index (χ2v) is 3.15. The fraction of sp³-hybridized carbons (Fsp3) is 0.200. The van der Waals surface area contributed by atoms with Crippen molar-refractivity contribution in [1.82, 2.24) is 10.4 Å². The minimum absolute atomic E-state index is 0.0360. The Morgan fingerprint density at radius 2 is 2.00 bits per heavy atom. The van der Waals surface area contributed by atoms with Crippen molar-refractivity contribution in [3.63, 3.8) is 0 Å². The van der Waals surface area contributed by atoms with Gasteiger partial charge in [-0.25, -0.2) is 4.79 Å². The zero-order valence-electron chi connectivity index (χ0n) is 7.97. The van der Waals surface area contributed by atoms with E-state index in [0.717, 1.165) is 10.6 Å². The van der Waals surface area contributed by atoms with E-state index in [-0.39, 0.29) is 19.1 Å². The Balaban J connectivity index is 1.89. The molecule has 1 aromatic rings. The van der Waals surface area contributed by atoms with Crippen molar-refractivity contribution in [2.24, 2.45) is 0 Å². The number of amides is 3. The Labute approximate surface area is 86.6 Å². The number of hydrogen-bond acceptors (Lipinski definition) is 3. The van der Waals surface area contributed by atoms with Crippen LogP contribution in [0.15, 0.2) is 30.3 Å². The molecule has 1 saturated heterocycles. The lowest BCUT2D eigenvalue weighted by Crippen LogP contribution is -2.28. The van der Waals surface area contributed by atoms with Crippen LogP contribution in [0.2, 0.25) is 0 Å². The highest BCUT2D eigenvalue weighted by molar-refractivity contribution is 6.01. The second-order valence-electron chi connectivity index (χ2n) is 3.15. The first kappa shape index (κ1) is 9.67. The van der Waals surface area contributed by atoms with Gasteiger partial charge in [-0.05, 0) is 5.56 Å². The number of carbonyl (C=O) groups is 2. The van der Waals surface area contributed by atoms with Crippen LogP contribution >= 0.6 is 0 Å². The minimum Gasteiger partial charge on any atom is -0.274 e. The number of rotatable bonds is 3. The first-order valence-electron chi connectivity index (χ1n) is 4.54. The van der Waals surface area contributed by atoms with Gasteiger partial charge in [0.25, 0.3) is 0 Å². The van der Waals surface area contributed by atoms with Crippen molar-refractivity contribution in [2.45, 2.75) is 6.61 Å². The van der Waals surface area contributed by atoms with Gasteiger partial charge in [-0.3, -0.25) is 14.9 Å². The summed E-state index contributed by atoms with van der Waals surface area (Å²) in [6.45, 7) is 0.243. The molecule has 1 aromatic carbocycles. The third-order valence-corrected chi connectivity index (χ3v) is 1.99. The molecule has 3 amide bonds. The van der Waals surface area contributed by atoms with E-state index in [9.17, 15) is 9.59 Å². The van der Waals surface area contributed by atoms with Crippen molar-refractivity contribution in [3.05, 3.63) is 35.9 Å². The van der Waals surface area contributed by atoms with Crippen LogP contribution in [0.25, 0.3) is 0 Å². The van der Waals surface area contributed by atoms with Crippen molar-refractivity contribution in [1.29, 1.82) is 0 Å². The van der Waals surface area contributed by atoms with Gasteiger partial charge < -0.3 is 0 Å². The summed E-state index contributed by atoms with van der Waals surface area (Å²) in [6, 6.07) is 8.93. The predicted octanol–water partition coefficient (Wildman–Crippen LogP) is 0.670. The van der Waals surface area contributed by atoms with Gasteiger partial charge in [-0.15, -0.1) is 0 Å². The fourth-order valence-corrected chi connectivity index (χ4v) is 1.25. The Morgan fingerprint density at radius 3 is 2.60 bits per heavy atom. The summed E-state index contributed by atoms with van der Waals surface area (Å²) in [5.74, 6) is -0.340. The molecule has 0 bridgehead atoms. The molecule has 0 saturated carbocycles. The summed E-state index contributed by atoms with van der Waals surface area (Å²) in [5.41, 5.74) is 0.949. The lowest BCUT2D eigenvalue weighted by atomic mass is 10.2. The monoisotopic (exact) mass is 206 g/mol. The molecular formula is C10H10N2O3. The van der Waals surface area contributed by atoms with Crippen molar-refractivity contribution in [3.8, 4) is 0 Å². The maximum atomic E-state index is 11.1. The van der Waals surface area contributed by atoms with Gasteiger partial charge in [0.15, 0.2) is 0 Å². The molecular weight excluding hydrogens is 196 g/mol. The van der Waals surface area contributed by atoms with Crippen LogP contribution in [0.5, 0.6) is 0 Å². The topological polar surface area (TPSA) is 58.6 Å². The van der Waals surface area contributed by atoms with E-state index in [1.54, 1.807) is 0 Å². The third kappa shape index (κ3) is 2.32. The summed E-state index contributed by atoms with van der Waals surface area (Å²) in [7, 11) is 0. The average Bonchev–Trinajstić information content (AvgIpc) is 2.56. The number of nitrogens with zero attached hydrogens (tertiary/aromatic N) is 1. The predicted molar refractivity (Wildman–Crippen MR) is 51.5 cm³/mol. The summed E-state index contributed by atoms with van der Waals surface area (Å²) < 4.78 is 0. The molecule has 5 heteroatoms. The number of imide groups is 1. The van der Waals surface area contributed by atoms with Gasteiger partial charge in [0.05, 0.1) is 0 Å². The normalized spacial score (nSPS) is 15.6. The van der Waals surface area contributed by atoms with Crippen molar-refractivity contribution >= 4 is 11.9 Å². The molecule has 1 aliphatic rings. The molecule has 15 heavy (non-hydrogen) atoms. The summed E-state index contributed by atoms with van der Waals surface area (Å²) in [6.07, 6.45) is 0. The van der Waals surface area contributed by atoms with E-state index in [0.29, 0.717) is 0 Å². The molecule has 2 rings (SSSR count). The molecule has 0 atom stereocenters. The summed E-state index contributed by atoms with van der Waals surface area (Å²) in [5, 5.41) is 3.15. The average molecular weight is 206 g/mol. The van der Waals surface area contributed by atoms with Gasteiger partial charge in [0, 0.05) is 0 Å². The Bertz CT molecular complexity index is 378. The number of hydroxylamine groups is 2. The molecule has 78 valence electrons. The Hall–Kier alpha value is -1.88. The van der Waals surface area contributed by atoms with E-state index < -0.39 is 6.03 Å². The number of nitrogens with one attached hydrogen (secondary N) is 1. The van der Waals surface area contributed by atoms with Gasteiger partial charge in [-0.2, -0.15) is 5.06 Å². The van der Waals surface area contributed by atoms with Gasteiger partial charge in [-0.1, -0.05) is 30.3 Å². The molecule has 0 unspecified atom stereocenters. The minimum atomic E-state index is -0.504. The van der Waals surface area contributed by atoms with E-state index in [2.05, 4.69) is 5.32 Å². The molecule has 1 heterocycles. The van der Waals surface area contributed by atoms with Crippen molar-refractivity contribution < 1.29 is 14.4 Å². The summed E-state index contributed by atoms with van der Waals surface area (Å²) in [4.78, 5) is 27.1. The highest BCUT2D eigenvalue weighted by atomic mass is 16.7. The highest BCUT2D eigenvalue weighted by Crippen LogP contribution is 2.05. The van der Waals surface area contributed by atoms with E-state index >= 15 is 0 Å². The second kappa shape index (κ2) is 4.10. The molecule has 5 nitrogen and oxygen atoms in total. The van der Waals surface area contributed by atoms with Crippen LogP contribution in [0, 0.1) is 0 Å². The SMILES string of the molecule is O=C1CN(OCc2ccccc2)C(=O)N1. The van der Waals surface area contributed by atoms with E-state index in [4.69, 9.17) is 4.84 Å². The lowest BCUT2D eigenvalue weighted by molar-refractivity contribution is -0.134. The fourth-order valence-electron chi connectivity index (χ4n) is 1.25. The maximum Gasteiger partial charge on any atom is 0.348 e. The molecule has 1 N–H and O–H groups in total. The zero-order valence-corrected chi connectivity index (χ0v) is 7.97. The lowest BCUT2D eigenvalue weighted by Gasteiger charge is -2.12. The van der Waals surface area contributed by atoms with Crippen LogP contribution in [0.4, 0.5) is 4.79 Å². The van der Waals surface area contributed by atoms with Crippen LogP contribution in [0.1, 0.15) is 5.56 Å². The van der Waals surface area contributed by atoms with Gasteiger partial charge in [0.2, 0.25) is 5.91 Å². The number of benzene rings is 1. The Kier molecular flexibility index (Phi) is 2.64. The van der Waals surface area contributed by atoms with E-state index in [1.807, 2.05) is 30.3 Å². The molecule has 0 aliphatic carbocycles. The number of carbonyl (C=O) groups excluding carboxylic acids is 2. The molecule has 0 radical (unpaired) electrons. The number of urea groups is 1. The third-order valence-electron chi connectivity index (χ3n) is 1.99. The van der Waals surface area contributed by atoms with Gasteiger partial charge >= 0.3 is 6.03 Å². The van der Waals surface area contributed by atoms with Crippen LogP contribution in [0.3, 0.4) is 0 Å². The highest BCUT2D eigenvalue weighted by Gasteiger charge is 2.27. The quantitative estimate of drug-likeness (QED) is 0.739. The van der Waals surface area contributed by atoms with E-state index in [1.165, 1.54) is 0 Å². The Morgan fingerprint density at radius 1 is 1.27 bits per heavy atom. The first-order valence-corrected chi connectivity index (χ1v) is 4.54.